The van der Waals surface area contributed by atoms with E-state index in [0.29, 0.717) is 57.3 Å². The molecule has 2 aliphatic heterocycles. The van der Waals surface area contributed by atoms with E-state index in [9.17, 15) is 13.2 Å². The summed E-state index contributed by atoms with van der Waals surface area (Å²) in [6.45, 7) is 4.70. The van der Waals surface area contributed by atoms with Crippen LogP contribution in [0.15, 0.2) is 53.4 Å². The van der Waals surface area contributed by atoms with Crippen LogP contribution in [-0.4, -0.2) is 67.9 Å². The van der Waals surface area contributed by atoms with Gasteiger partial charge in [0.15, 0.2) is 0 Å². The highest BCUT2D eigenvalue weighted by Gasteiger charge is 2.30. The second-order valence-electron chi connectivity index (χ2n) is 9.07. The Balaban J connectivity index is 1.32. The van der Waals surface area contributed by atoms with Crippen LogP contribution in [0, 0.1) is 0 Å². The number of rotatable bonds is 5. The number of aromatic amines is 1. The summed E-state index contributed by atoms with van der Waals surface area (Å²) in [6.07, 6.45) is 2.35. The number of carbonyl (C=O) groups is 1. The second-order valence-corrected chi connectivity index (χ2v) is 11.0. The maximum atomic E-state index is 13.3. The van der Waals surface area contributed by atoms with E-state index in [2.05, 4.69) is 23.2 Å². The predicted molar refractivity (Wildman–Crippen MR) is 132 cm³/mol. The predicted octanol–water partition coefficient (Wildman–Crippen LogP) is 3.77. The number of nitrogens with one attached hydrogen (secondary N) is 1. The van der Waals surface area contributed by atoms with Gasteiger partial charge < -0.3 is 14.6 Å². The van der Waals surface area contributed by atoms with E-state index in [1.165, 1.54) is 15.4 Å². The molecule has 2 fully saturated rings. The SMILES string of the molecule is CCc1ccc(C(=O)N2CCC(c3cc4ccccc4[nH]3)CC2)cc1S(=O)(=O)N1CCOCC1. The van der Waals surface area contributed by atoms with Gasteiger partial charge in [0.25, 0.3) is 5.91 Å². The topological polar surface area (TPSA) is 82.7 Å². The molecule has 5 rings (SSSR count). The van der Waals surface area contributed by atoms with Crippen LogP contribution in [0.25, 0.3) is 10.9 Å². The van der Waals surface area contributed by atoms with Crippen molar-refractivity contribution in [3.63, 3.8) is 0 Å². The number of likely N-dealkylation sites (tertiary alicyclic amines) is 1. The molecule has 1 amide bonds. The Morgan fingerprint density at radius 1 is 1.03 bits per heavy atom. The molecule has 0 spiro atoms. The zero-order valence-corrected chi connectivity index (χ0v) is 20.3. The number of benzene rings is 2. The van der Waals surface area contributed by atoms with Crippen LogP contribution in [0.4, 0.5) is 0 Å². The van der Waals surface area contributed by atoms with Crippen molar-refractivity contribution in [2.75, 3.05) is 39.4 Å². The minimum atomic E-state index is -3.67. The fraction of sp³-hybridized carbons (Fsp3) is 0.423. The fourth-order valence-electron chi connectivity index (χ4n) is 5.04. The number of aromatic nitrogens is 1. The number of hydrogen-bond donors (Lipinski definition) is 1. The van der Waals surface area contributed by atoms with Crippen LogP contribution in [-0.2, 0) is 21.2 Å². The van der Waals surface area contributed by atoms with Crippen LogP contribution >= 0.6 is 0 Å². The van der Waals surface area contributed by atoms with Gasteiger partial charge in [-0.3, -0.25) is 4.79 Å². The number of H-pyrrole nitrogens is 1. The second kappa shape index (κ2) is 9.52. The molecule has 2 saturated heterocycles. The molecule has 2 aliphatic rings. The number of carbonyl (C=O) groups excluding carboxylic acids is 1. The van der Waals surface area contributed by atoms with Crippen LogP contribution in [0.1, 0.15) is 47.3 Å². The molecule has 7 nitrogen and oxygen atoms in total. The molecule has 0 unspecified atom stereocenters. The number of para-hydroxylation sites is 1. The molecule has 1 N–H and O–H groups in total. The molecule has 0 saturated carbocycles. The molecular formula is C26H31N3O4S. The van der Waals surface area contributed by atoms with Crippen LogP contribution < -0.4 is 0 Å². The smallest absolute Gasteiger partial charge is 0.253 e. The summed E-state index contributed by atoms with van der Waals surface area (Å²) in [4.78, 5) is 19.0. The molecule has 8 heteroatoms. The first-order valence-corrected chi connectivity index (χ1v) is 13.5. The molecule has 0 aliphatic carbocycles. The van der Waals surface area contributed by atoms with Gasteiger partial charge in [0, 0.05) is 48.9 Å². The van der Waals surface area contributed by atoms with Gasteiger partial charge in [-0.25, -0.2) is 8.42 Å². The minimum absolute atomic E-state index is 0.101. The van der Waals surface area contributed by atoms with Crippen molar-refractivity contribution in [3.8, 4) is 0 Å². The van der Waals surface area contributed by atoms with Crippen molar-refractivity contribution in [3.05, 3.63) is 65.4 Å². The fourth-order valence-corrected chi connectivity index (χ4v) is 6.77. The van der Waals surface area contributed by atoms with Crippen LogP contribution in [0.3, 0.4) is 0 Å². The van der Waals surface area contributed by atoms with E-state index in [-0.39, 0.29) is 10.8 Å². The Kier molecular flexibility index (Phi) is 6.46. The van der Waals surface area contributed by atoms with E-state index in [1.54, 1.807) is 18.2 Å². The zero-order chi connectivity index (χ0) is 23.7. The Labute approximate surface area is 200 Å². The monoisotopic (exact) mass is 481 g/mol. The quantitative estimate of drug-likeness (QED) is 0.601. The number of piperidine rings is 1. The lowest BCUT2D eigenvalue weighted by Gasteiger charge is -2.32. The number of aryl methyl sites for hydroxylation is 1. The summed E-state index contributed by atoms with van der Waals surface area (Å²) in [5.41, 5.74) is 3.54. The Morgan fingerprint density at radius 2 is 1.76 bits per heavy atom. The molecule has 34 heavy (non-hydrogen) atoms. The lowest BCUT2D eigenvalue weighted by atomic mass is 9.93. The Morgan fingerprint density at radius 3 is 2.47 bits per heavy atom. The summed E-state index contributed by atoms with van der Waals surface area (Å²) in [5, 5.41) is 1.21. The molecule has 0 bridgehead atoms. The van der Waals surface area contributed by atoms with Gasteiger partial charge in [-0.1, -0.05) is 31.2 Å². The van der Waals surface area contributed by atoms with Gasteiger partial charge >= 0.3 is 0 Å². The highest BCUT2D eigenvalue weighted by Crippen LogP contribution is 2.31. The maximum absolute atomic E-state index is 13.3. The van der Waals surface area contributed by atoms with Gasteiger partial charge in [-0.2, -0.15) is 4.31 Å². The van der Waals surface area contributed by atoms with Gasteiger partial charge in [-0.15, -0.1) is 0 Å². The van der Waals surface area contributed by atoms with Gasteiger partial charge in [0.05, 0.1) is 18.1 Å². The molecule has 1 aromatic heterocycles. The zero-order valence-electron chi connectivity index (χ0n) is 19.5. The number of fused-ring (bicyclic) bond motifs is 1. The third-order valence-electron chi connectivity index (χ3n) is 7.06. The summed E-state index contributed by atoms with van der Waals surface area (Å²) >= 11 is 0. The van der Waals surface area contributed by atoms with Crippen molar-refractivity contribution in [2.45, 2.75) is 37.0 Å². The number of ether oxygens (including phenoxy) is 1. The summed E-state index contributed by atoms with van der Waals surface area (Å²) < 4.78 is 33.4. The maximum Gasteiger partial charge on any atom is 0.253 e. The van der Waals surface area contributed by atoms with Crippen molar-refractivity contribution in [2.24, 2.45) is 0 Å². The van der Waals surface area contributed by atoms with Gasteiger partial charge in [0.1, 0.15) is 0 Å². The largest absolute Gasteiger partial charge is 0.379 e. The van der Waals surface area contributed by atoms with Gasteiger partial charge in [-0.05, 0) is 54.5 Å². The number of amides is 1. The molecule has 2 aromatic carbocycles. The first-order valence-electron chi connectivity index (χ1n) is 12.0. The molecule has 0 radical (unpaired) electrons. The molecule has 180 valence electrons. The molecule has 0 atom stereocenters. The lowest BCUT2D eigenvalue weighted by molar-refractivity contribution is 0.0710. The first kappa shape index (κ1) is 23.1. The Hall–Kier alpha value is -2.68. The first-order chi connectivity index (χ1) is 16.5. The molecule has 3 heterocycles. The third kappa shape index (κ3) is 4.37. The molecule has 3 aromatic rings. The number of morpholine rings is 1. The van der Waals surface area contributed by atoms with E-state index in [0.717, 1.165) is 23.9 Å². The van der Waals surface area contributed by atoms with E-state index >= 15 is 0 Å². The molecular weight excluding hydrogens is 450 g/mol. The van der Waals surface area contributed by atoms with E-state index in [1.807, 2.05) is 24.0 Å². The third-order valence-corrected chi connectivity index (χ3v) is 9.04. The lowest BCUT2D eigenvalue weighted by Crippen LogP contribution is -2.41. The van der Waals surface area contributed by atoms with Crippen molar-refractivity contribution < 1.29 is 17.9 Å². The van der Waals surface area contributed by atoms with Crippen molar-refractivity contribution in [1.82, 2.24) is 14.2 Å². The van der Waals surface area contributed by atoms with Crippen LogP contribution in [0.2, 0.25) is 0 Å². The van der Waals surface area contributed by atoms with Gasteiger partial charge in [0.2, 0.25) is 10.0 Å². The minimum Gasteiger partial charge on any atom is -0.379 e. The summed E-state index contributed by atoms with van der Waals surface area (Å²) in [7, 11) is -3.67. The number of hydrogen-bond acceptors (Lipinski definition) is 4. The highest BCUT2D eigenvalue weighted by molar-refractivity contribution is 7.89. The normalized spacial score (nSPS) is 18.4. The van der Waals surface area contributed by atoms with E-state index < -0.39 is 10.0 Å². The Bertz CT molecular complexity index is 1250. The number of sulfonamides is 1. The standard InChI is InChI=1S/C26H31N3O4S/c1-2-19-7-8-22(18-25(19)34(31,32)29-13-15-33-16-14-29)26(30)28-11-9-20(10-12-28)24-17-21-5-3-4-6-23(21)27-24/h3-8,17-18,20,27H,2,9-16H2,1H3. The highest BCUT2D eigenvalue weighted by atomic mass is 32.2. The summed E-state index contributed by atoms with van der Waals surface area (Å²) in [5.74, 6) is 0.285. The average molecular weight is 482 g/mol. The van der Waals surface area contributed by atoms with Crippen LogP contribution in [0.5, 0.6) is 0 Å². The van der Waals surface area contributed by atoms with E-state index in [4.69, 9.17) is 4.74 Å². The average Bonchev–Trinajstić information content (AvgIpc) is 3.33. The van der Waals surface area contributed by atoms with Crippen molar-refractivity contribution >= 4 is 26.8 Å². The van der Waals surface area contributed by atoms with Crippen molar-refractivity contribution in [1.29, 1.82) is 0 Å². The summed E-state index contributed by atoms with van der Waals surface area (Å²) in [6, 6.07) is 15.6. The number of nitrogens with zero attached hydrogens (tertiary/aromatic N) is 2.